The average Bonchev–Trinajstić information content (AvgIpc) is 3.28. The molecule has 2 N–H and O–H groups in total. The van der Waals surface area contributed by atoms with Gasteiger partial charge in [-0.05, 0) is 63.8 Å². The van der Waals surface area contributed by atoms with Gasteiger partial charge in [0.1, 0.15) is 17.2 Å². The molecule has 0 radical (unpaired) electrons. The molecule has 1 saturated heterocycles. The van der Waals surface area contributed by atoms with Crippen molar-refractivity contribution in [2.45, 2.75) is 64.8 Å². The van der Waals surface area contributed by atoms with Gasteiger partial charge in [-0.1, -0.05) is 42.5 Å². The fraction of sp³-hybridized carbons (Fsp3) is 0.419. The van der Waals surface area contributed by atoms with Gasteiger partial charge >= 0.3 is 6.09 Å². The lowest BCUT2D eigenvalue weighted by Crippen LogP contribution is -2.54. The number of carbonyl (C=O) groups is 1. The van der Waals surface area contributed by atoms with Crippen LogP contribution in [-0.4, -0.2) is 57.2 Å². The van der Waals surface area contributed by atoms with E-state index in [0.717, 1.165) is 54.1 Å². The summed E-state index contributed by atoms with van der Waals surface area (Å²) in [5, 5.41) is 11.4. The maximum Gasteiger partial charge on any atom is 0.408 e. The number of piperidine rings is 1. The molecule has 0 aliphatic carbocycles. The third kappa shape index (κ3) is 7.06. The van der Waals surface area contributed by atoms with Crippen molar-refractivity contribution in [2.24, 2.45) is 0 Å². The number of carbonyl (C=O) groups excluding carboxylic acids is 1. The molecule has 1 fully saturated rings. The molecule has 5 rings (SSSR count). The van der Waals surface area contributed by atoms with Crippen LogP contribution in [0.5, 0.6) is 5.75 Å². The molecule has 10 heteroatoms. The third-order valence-electron chi connectivity index (χ3n) is 7.22. The maximum atomic E-state index is 12.4. The van der Waals surface area contributed by atoms with E-state index in [-0.39, 0.29) is 11.6 Å². The molecule has 1 aliphatic rings. The summed E-state index contributed by atoms with van der Waals surface area (Å²) in [5.74, 6) is 2.30. The molecule has 0 saturated carbocycles. The summed E-state index contributed by atoms with van der Waals surface area (Å²) in [4.78, 5) is 24.5. The van der Waals surface area contributed by atoms with E-state index in [1.807, 2.05) is 74.1 Å². The Morgan fingerprint density at radius 2 is 1.73 bits per heavy atom. The van der Waals surface area contributed by atoms with Gasteiger partial charge in [0.15, 0.2) is 17.0 Å². The summed E-state index contributed by atoms with van der Waals surface area (Å²) in [5.41, 5.74) is 2.81. The van der Waals surface area contributed by atoms with Crippen LogP contribution in [0.25, 0.3) is 11.2 Å². The second kappa shape index (κ2) is 11.6. The number of nitrogens with one attached hydrogen (secondary N) is 2. The molecule has 0 spiro atoms. The van der Waals surface area contributed by atoms with Gasteiger partial charge in [0.25, 0.3) is 0 Å². The zero-order valence-electron chi connectivity index (χ0n) is 24.5. The van der Waals surface area contributed by atoms with Crippen LogP contribution in [0.15, 0.2) is 60.8 Å². The molecule has 41 heavy (non-hydrogen) atoms. The summed E-state index contributed by atoms with van der Waals surface area (Å²) in [6, 6.07) is 18.2. The number of aromatic nitrogens is 4. The van der Waals surface area contributed by atoms with Crippen molar-refractivity contribution >= 4 is 28.9 Å². The van der Waals surface area contributed by atoms with Crippen molar-refractivity contribution in [1.82, 2.24) is 25.1 Å². The SMILES string of the molecule is COc1ccc(Cn2nc(NCc3ccccc3)c3ncc(N4CCC(C)(NC(=O)OC(C)(C)C)CC4)nc32)cc1. The van der Waals surface area contributed by atoms with Crippen molar-refractivity contribution < 1.29 is 14.3 Å². The standard InChI is InChI=1S/C31H39N7O3/c1-30(2,3)41-29(39)35-31(4)15-17-37(18-16-31)25-20-32-26-27(33-19-22-9-7-6-8-10-22)36-38(28(26)34-25)21-23-11-13-24(40-5)14-12-23/h6-14,20H,15-19,21H2,1-5H3,(H,33,36)(H,35,39). The highest BCUT2D eigenvalue weighted by Gasteiger charge is 2.34. The number of methoxy groups -OCH3 is 1. The molecular weight excluding hydrogens is 518 g/mol. The molecule has 0 bridgehead atoms. The van der Waals surface area contributed by atoms with Crippen molar-refractivity contribution in [3.05, 3.63) is 71.9 Å². The minimum atomic E-state index is -0.532. The van der Waals surface area contributed by atoms with Gasteiger partial charge < -0.3 is 25.0 Å². The van der Waals surface area contributed by atoms with Crippen LogP contribution in [0, 0.1) is 0 Å². The number of nitrogens with zero attached hydrogens (tertiary/aromatic N) is 5. The van der Waals surface area contributed by atoms with E-state index in [9.17, 15) is 4.79 Å². The Kier molecular flexibility index (Phi) is 8.01. The summed E-state index contributed by atoms with van der Waals surface area (Å²) < 4.78 is 12.7. The number of fused-ring (bicyclic) bond motifs is 1. The Morgan fingerprint density at radius 3 is 2.39 bits per heavy atom. The number of hydrogen-bond acceptors (Lipinski definition) is 8. The zero-order valence-corrected chi connectivity index (χ0v) is 24.5. The van der Waals surface area contributed by atoms with Gasteiger partial charge in [-0.25, -0.2) is 19.4 Å². The first-order chi connectivity index (χ1) is 19.6. The van der Waals surface area contributed by atoms with Crippen LogP contribution in [0.4, 0.5) is 16.4 Å². The van der Waals surface area contributed by atoms with E-state index >= 15 is 0 Å². The van der Waals surface area contributed by atoms with Gasteiger partial charge in [0, 0.05) is 25.2 Å². The molecule has 10 nitrogen and oxygen atoms in total. The highest BCUT2D eigenvalue weighted by molar-refractivity contribution is 5.84. The Labute approximate surface area is 241 Å². The van der Waals surface area contributed by atoms with E-state index < -0.39 is 5.60 Å². The van der Waals surface area contributed by atoms with E-state index in [4.69, 9.17) is 24.5 Å². The molecule has 0 unspecified atom stereocenters. The Morgan fingerprint density at radius 1 is 1.02 bits per heavy atom. The Hall–Kier alpha value is -4.34. The van der Waals surface area contributed by atoms with Crippen LogP contribution in [0.3, 0.4) is 0 Å². The van der Waals surface area contributed by atoms with Crippen molar-refractivity contribution in [2.75, 3.05) is 30.4 Å². The third-order valence-corrected chi connectivity index (χ3v) is 7.22. The fourth-order valence-corrected chi connectivity index (χ4v) is 4.90. The normalized spacial score (nSPS) is 15.0. The number of hydrogen-bond donors (Lipinski definition) is 2. The van der Waals surface area contributed by atoms with Gasteiger partial charge in [-0.15, -0.1) is 0 Å². The first kappa shape index (κ1) is 28.2. The predicted molar refractivity (Wildman–Crippen MR) is 160 cm³/mol. The summed E-state index contributed by atoms with van der Waals surface area (Å²) in [6.45, 7) is 10.3. The number of alkyl carbamates (subject to hydrolysis) is 1. The average molecular weight is 558 g/mol. The number of anilines is 2. The number of benzene rings is 2. The first-order valence-electron chi connectivity index (χ1n) is 14.0. The predicted octanol–water partition coefficient (Wildman–Crippen LogP) is 5.38. The van der Waals surface area contributed by atoms with E-state index in [1.54, 1.807) is 7.11 Å². The van der Waals surface area contributed by atoms with Crippen LogP contribution in [-0.2, 0) is 17.8 Å². The lowest BCUT2D eigenvalue weighted by molar-refractivity contribution is 0.0448. The molecular formula is C31H39N7O3. The monoisotopic (exact) mass is 557 g/mol. The first-order valence-corrected chi connectivity index (χ1v) is 14.0. The topological polar surface area (TPSA) is 106 Å². The highest BCUT2D eigenvalue weighted by Crippen LogP contribution is 2.28. The van der Waals surface area contributed by atoms with Crippen molar-refractivity contribution in [3.8, 4) is 5.75 Å². The largest absolute Gasteiger partial charge is 0.497 e. The number of rotatable bonds is 8. The van der Waals surface area contributed by atoms with Crippen molar-refractivity contribution in [3.63, 3.8) is 0 Å². The molecule has 216 valence electrons. The van der Waals surface area contributed by atoms with E-state index in [1.165, 1.54) is 0 Å². The smallest absolute Gasteiger partial charge is 0.408 e. The number of amides is 1. The van der Waals surface area contributed by atoms with Crippen LogP contribution in [0.2, 0.25) is 0 Å². The van der Waals surface area contributed by atoms with Gasteiger partial charge in [0.05, 0.1) is 19.9 Å². The van der Waals surface area contributed by atoms with Crippen molar-refractivity contribution in [1.29, 1.82) is 0 Å². The minimum absolute atomic E-state index is 0.346. The molecule has 0 atom stereocenters. The minimum Gasteiger partial charge on any atom is -0.497 e. The molecule has 4 aromatic rings. The lowest BCUT2D eigenvalue weighted by atomic mass is 9.90. The van der Waals surface area contributed by atoms with Crippen LogP contribution in [0.1, 0.15) is 51.7 Å². The van der Waals surface area contributed by atoms with Crippen LogP contribution >= 0.6 is 0 Å². The van der Waals surface area contributed by atoms with E-state index in [0.29, 0.717) is 24.6 Å². The van der Waals surface area contributed by atoms with Gasteiger partial charge in [-0.2, -0.15) is 5.10 Å². The molecule has 3 heterocycles. The summed E-state index contributed by atoms with van der Waals surface area (Å²) >= 11 is 0. The lowest BCUT2D eigenvalue weighted by Gasteiger charge is -2.40. The summed E-state index contributed by atoms with van der Waals surface area (Å²) in [7, 11) is 1.66. The zero-order chi connectivity index (χ0) is 29.0. The Balaban J connectivity index is 1.36. The number of ether oxygens (including phenoxy) is 2. The van der Waals surface area contributed by atoms with E-state index in [2.05, 4.69) is 34.6 Å². The molecule has 2 aromatic carbocycles. The second-order valence-electron chi connectivity index (χ2n) is 11.8. The van der Waals surface area contributed by atoms with Gasteiger partial charge in [0.2, 0.25) is 0 Å². The molecule has 1 aliphatic heterocycles. The quantitative estimate of drug-likeness (QED) is 0.298. The molecule has 1 amide bonds. The summed E-state index contributed by atoms with van der Waals surface area (Å²) in [6.07, 6.45) is 2.97. The maximum absolute atomic E-state index is 12.4. The van der Waals surface area contributed by atoms with Gasteiger partial charge in [-0.3, -0.25) is 0 Å². The highest BCUT2D eigenvalue weighted by atomic mass is 16.6. The Bertz CT molecular complexity index is 1470. The molecule has 2 aromatic heterocycles. The van der Waals surface area contributed by atoms with Crippen LogP contribution < -0.4 is 20.3 Å². The second-order valence-corrected chi connectivity index (χ2v) is 11.8. The fourth-order valence-electron chi connectivity index (χ4n) is 4.90.